The molecule has 2 N–H and O–H groups in total. The topological polar surface area (TPSA) is 75.2 Å². The van der Waals surface area contributed by atoms with Crippen LogP contribution in [0.5, 0.6) is 5.88 Å². The highest BCUT2D eigenvalue weighted by Crippen LogP contribution is 2.26. The van der Waals surface area contributed by atoms with Gasteiger partial charge in [-0.05, 0) is 55.0 Å². The molecule has 2 fully saturated rings. The van der Waals surface area contributed by atoms with Crippen LogP contribution in [0.4, 0.5) is 5.95 Å². The van der Waals surface area contributed by atoms with Crippen LogP contribution in [0.15, 0.2) is 46.0 Å². The van der Waals surface area contributed by atoms with Gasteiger partial charge in [0.2, 0.25) is 11.8 Å². The molecule has 0 bridgehead atoms. The minimum absolute atomic E-state index is 0.619. The highest BCUT2D eigenvalue weighted by atomic mass is 32.2. The minimum atomic E-state index is 0.619. The number of aromatic nitrogens is 3. The molecule has 34 heavy (non-hydrogen) atoms. The second kappa shape index (κ2) is 11.3. The molecule has 2 aliphatic rings. The summed E-state index contributed by atoms with van der Waals surface area (Å²) in [5.41, 5.74) is 4.24. The molecule has 9 heteroatoms. The van der Waals surface area contributed by atoms with Crippen LogP contribution in [0.3, 0.4) is 0 Å². The average molecular weight is 495 g/mol. The van der Waals surface area contributed by atoms with Crippen molar-refractivity contribution in [2.45, 2.75) is 19.4 Å². The molecule has 2 aliphatic heterocycles. The summed E-state index contributed by atoms with van der Waals surface area (Å²) in [6, 6.07) is 10.3. The Morgan fingerprint density at radius 2 is 2.12 bits per heavy atom. The monoisotopic (exact) mass is 494 g/mol. The largest absolute Gasteiger partial charge is 0.481 e. The molecule has 0 aliphatic carbocycles. The Bertz CT molecular complexity index is 1100. The van der Waals surface area contributed by atoms with Crippen LogP contribution in [0, 0.1) is 5.92 Å². The van der Waals surface area contributed by atoms with E-state index in [0.29, 0.717) is 11.8 Å². The van der Waals surface area contributed by atoms with Gasteiger partial charge < -0.3 is 20.3 Å². The Morgan fingerprint density at radius 3 is 2.88 bits per heavy atom. The van der Waals surface area contributed by atoms with Crippen molar-refractivity contribution in [3.05, 3.63) is 57.4 Å². The first-order valence-corrected chi connectivity index (χ1v) is 13.6. The Hall–Kier alpha value is -2.46. The number of rotatable bonds is 8. The molecule has 7 nitrogen and oxygen atoms in total. The molecule has 3 aromatic heterocycles. The molecule has 5 rings (SSSR count). The van der Waals surface area contributed by atoms with Gasteiger partial charge in [0, 0.05) is 54.0 Å². The predicted molar refractivity (Wildman–Crippen MR) is 141 cm³/mol. The number of piperidine rings is 1. The van der Waals surface area contributed by atoms with Crippen LogP contribution in [0.1, 0.15) is 24.2 Å². The highest BCUT2D eigenvalue weighted by molar-refractivity contribution is 8.03. The smallest absolute Gasteiger partial charge is 0.229 e. The van der Waals surface area contributed by atoms with Crippen LogP contribution < -0.4 is 20.3 Å². The van der Waals surface area contributed by atoms with Crippen LogP contribution in [-0.2, 0) is 6.54 Å². The molecule has 3 aromatic rings. The number of anilines is 1. The van der Waals surface area contributed by atoms with E-state index in [9.17, 15) is 0 Å². The molecule has 0 spiro atoms. The molecule has 0 atom stereocenters. The second-order valence-electron chi connectivity index (χ2n) is 8.55. The molecule has 0 aromatic carbocycles. The van der Waals surface area contributed by atoms with Gasteiger partial charge in [-0.25, -0.2) is 4.98 Å². The molecule has 178 valence electrons. The number of nitrogens with one attached hydrogen (secondary N) is 2. The average Bonchev–Trinajstić information content (AvgIpc) is 3.59. The van der Waals surface area contributed by atoms with Gasteiger partial charge in [-0.2, -0.15) is 16.3 Å². The highest BCUT2D eigenvalue weighted by Gasteiger charge is 2.22. The molecule has 0 saturated carbocycles. The Labute approximate surface area is 209 Å². The number of ether oxygens (including phenoxy) is 1. The van der Waals surface area contributed by atoms with Crippen molar-refractivity contribution in [2.24, 2.45) is 5.92 Å². The van der Waals surface area contributed by atoms with Crippen molar-refractivity contribution in [2.75, 3.05) is 44.1 Å². The summed E-state index contributed by atoms with van der Waals surface area (Å²) in [6.45, 7) is 4.61. The zero-order valence-corrected chi connectivity index (χ0v) is 21.0. The standard InChI is InChI=1S/C25H30N6OS2/c1-32-24-12-21(11-22-15-27-17-34-22)29-25(30-24)31-8-5-18(6-9-31)13-26-14-20-3-2-4-23(28-20)19-7-10-33-16-19/h2-4,7,10-12,16,18,26-27H,5-6,8-9,13-15,17H2,1H3. The zero-order chi connectivity index (χ0) is 23.2. The number of thioether (sulfide) groups is 1. The SMILES string of the molecule is COc1cc(C=C2CNCS2)nc(N2CCC(CNCc3cccc(-c4ccsc4)n3)CC2)n1. The Kier molecular flexibility index (Phi) is 7.75. The summed E-state index contributed by atoms with van der Waals surface area (Å²) in [5.74, 6) is 2.99. The van der Waals surface area contributed by atoms with Gasteiger partial charge >= 0.3 is 0 Å². The second-order valence-corrected chi connectivity index (χ2v) is 10.4. The summed E-state index contributed by atoms with van der Waals surface area (Å²) in [5, 5.41) is 11.2. The number of nitrogens with zero attached hydrogens (tertiary/aromatic N) is 4. The molecular weight excluding hydrogens is 464 g/mol. The van der Waals surface area contributed by atoms with E-state index in [1.165, 1.54) is 10.5 Å². The maximum absolute atomic E-state index is 5.45. The third kappa shape index (κ3) is 5.96. The molecule has 0 radical (unpaired) electrons. The summed E-state index contributed by atoms with van der Waals surface area (Å²) < 4.78 is 5.45. The molecular formula is C25H30N6OS2. The van der Waals surface area contributed by atoms with E-state index in [-0.39, 0.29) is 0 Å². The van der Waals surface area contributed by atoms with E-state index in [1.54, 1.807) is 18.4 Å². The fraction of sp³-hybridized carbons (Fsp3) is 0.400. The Balaban J connectivity index is 1.13. The first-order valence-electron chi connectivity index (χ1n) is 11.7. The fourth-order valence-corrected chi connectivity index (χ4v) is 5.71. The van der Waals surface area contributed by atoms with E-state index < -0.39 is 0 Å². The maximum atomic E-state index is 5.45. The van der Waals surface area contributed by atoms with Gasteiger partial charge in [-0.15, -0.1) is 11.8 Å². The number of pyridine rings is 1. The van der Waals surface area contributed by atoms with Crippen LogP contribution in [0.25, 0.3) is 17.3 Å². The van der Waals surface area contributed by atoms with E-state index in [2.05, 4.69) is 61.6 Å². The maximum Gasteiger partial charge on any atom is 0.229 e. The lowest BCUT2D eigenvalue weighted by atomic mass is 9.97. The first-order chi connectivity index (χ1) is 16.8. The summed E-state index contributed by atoms with van der Waals surface area (Å²) in [4.78, 5) is 17.8. The van der Waals surface area contributed by atoms with Gasteiger partial charge in [0.05, 0.1) is 24.2 Å². The normalized spacial score (nSPS) is 18.0. The van der Waals surface area contributed by atoms with E-state index >= 15 is 0 Å². The summed E-state index contributed by atoms with van der Waals surface area (Å²) in [7, 11) is 1.66. The lowest BCUT2D eigenvalue weighted by Crippen LogP contribution is -2.38. The van der Waals surface area contributed by atoms with Gasteiger partial charge in [0.1, 0.15) is 0 Å². The Morgan fingerprint density at radius 1 is 1.21 bits per heavy atom. The lowest BCUT2D eigenvalue weighted by molar-refractivity contribution is 0.374. The number of thiophene rings is 1. The predicted octanol–water partition coefficient (Wildman–Crippen LogP) is 4.25. The van der Waals surface area contributed by atoms with Gasteiger partial charge in [0.25, 0.3) is 0 Å². The van der Waals surface area contributed by atoms with Gasteiger partial charge in [-0.3, -0.25) is 4.98 Å². The molecule has 2 saturated heterocycles. The quantitative estimate of drug-likeness (QED) is 0.481. The minimum Gasteiger partial charge on any atom is -0.481 e. The van der Waals surface area contributed by atoms with E-state index in [4.69, 9.17) is 14.7 Å². The molecule has 0 amide bonds. The van der Waals surface area contributed by atoms with Crippen molar-refractivity contribution in [1.29, 1.82) is 0 Å². The molecule has 5 heterocycles. The van der Waals surface area contributed by atoms with Crippen molar-refractivity contribution in [1.82, 2.24) is 25.6 Å². The van der Waals surface area contributed by atoms with Crippen molar-refractivity contribution < 1.29 is 4.74 Å². The first kappa shape index (κ1) is 23.3. The third-order valence-electron chi connectivity index (χ3n) is 6.15. The van der Waals surface area contributed by atoms with Crippen LogP contribution in [-0.4, -0.2) is 54.1 Å². The van der Waals surface area contributed by atoms with E-state index in [0.717, 1.165) is 74.5 Å². The number of hydrogen-bond acceptors (Lipinski definition) is 9. The zero-order valence-electron chi connectivity index (χ0n) is 19.4. The van der Waals surface area contributed by atoms with Crippen LogP contribution in [0.2, 0.25) is 0 Å². The number of methoxy groups -OCH3 is 1. The van der Waals surface area contributed by atoms with Gasteiger partial charge in [-0.1, -0.05) is 6.07 Å². The molecule has 0 unspecified atom stereocenters. The lowest BCUT2D eigenvalue weighted by Gasteiger charge is -2.32. The fourth-order valence-electron chi connectivity index (χ4n) is 4.27. The van der Waals surface area contributed by atoms with Gasteiger partial charge in [0.15, 0.2) is 0 Å². The van der Waals surface area contributed by atoms with Crippen molar-refractivity contribution >= 4 is 35.1 Å². The summed E-state index contributed by atoms with van der Waals surface area (Å²) >= 11 is 3.53. The third-order valence-corrected chi connectivity index (χ3v) is 7.81. The number of hydrogen-bond donors (Lipinski definition) is 2. The van der Waals surface area contributed by atoms with Crippen LogP contribution >= 0.6 is 23.1 Å². The van der Waals surface area contributed by atoms with Crippen molar-refractivity contribution in [3.8, 4) is 17.1 Å². The summed E-state index contributed by atoms with van der Waals surface area (Å²) in [6.07, 6.45) is 4.37. The van der Waals surface area contributed by atoms with E-state index in [1.807, 2.05) is 17.8 Å². The van der Waals surface area contributed by atoms with Crippen molar-refractivity contribution in [3.63, 3.8) is 0 Å².